The van der Waals surface area contributed by atoms with E-state index < -0.39 is 11.4 Å². The summed E-state index contributed by atoms with van der Waals surface area (Å²) in [4.78, 5) is 38.4. The lowest BCUT2D eigenvalue weighted by atomic mass is 9.65. The molecule has 2 aliphatic rings. The Morgan fingerprint density at radius 1 is 1.09 bits per heavy atom. The highest BCUT2D eigenvalue weighted by Crippen LogP contribution is 2.52. The molecule has 1 saturated heterocycles. The van der Waals surface area contributed by atoms with E-state index in [9.17, 15) is 14.4 Å². The number of hydrogen-bond donors (Lipinski definition) is 2. The van der Waals surface area contributed by atoms with Gasteiger partial charge < -0.3 is 15.4 Å². The number of carbonyl (C=O) groups excluding carboxylic acids is 3. The van der Waals surface area contributed by atoms with Crippen molar-refractivity contribution >= 4 is 41.0 Å². The largest absolute Gasteiger partial charge is 0.465 e. The summed E-state index contributed by atoms with van der Waals surface area (Å²) in [6.07, 6.45) is 3.26. The Hall–Kier alpha value is -2.57. The average Bonchev–Trinajstić information content (AvgIpc) is 3.64. The van der Waals surface area contributed by atoms with Crippen LogP contribution in [0.15, 0.2) is 48.5 Å². The molecule has 1 saturated carbocycles. The molecule has 35 heavy (non-hydrogen) atoms. The second-order valence-corrected chi connectivity index (χ2v) is 10.4. The molecule has 8 heteroatoms. The fourth-order valence-corrected chi connectivity index (χ4v) is 5.41. The highest BCUT2D eigenvalue weighted by Gasteiger charge is 2.51. The van der Waals surface area contributed by atoms with Crippen LogP contribution in [0.25, 0.3) is 0 Å². The van der Waals surface area contributed by atoms with Crippen molar-refractivity contribution in [2.75, 3.05) is 13.2 Å². The maximum Gasteiger partial charge on any atom is 0.325 e. The van der Waals surface area contributed by atoms with Crippen LogP contribution in [0.3, 0.4) is 0 Å². The van der Waals surface area contributed by atoms with Crippen molar-refractivity contribution in [2.45, 2.75) is 51.0 Å². The number of halogens is 2. The molecule has 6 nitrogen and oxygen atoms in total. The van der Waals surface area contributed by atoms with Crippen molar-refractivity contribution in [2.24, 2.45) is 11.3 Å². The Labute approximate surface area is 215 Å². The Morgan fingerprint density at radius 3 is 2.49 bits per heavy atom. The van der Waals surface area contributed by atoms with E-state index in [1.54, 1.807) is 6.92 Å². The van der Waals surface area contributed by atoms with Crippen LogP contribution in [0.1, 0.15) is 62.1 Å². The minimum Gasteiger partial charge on any atom is -0.465 e. The maximum atomic E-state index is 13.7. The van der Waals surface area contributed by atoms with E-state index >= 15 is 0 Å². The third kappa shape index (κ3) is 6.36. The van der Waals surface area contributed by atoms with Crippen LogP contribution >= 0.6 is 23.2 Å². The molecule has 1 aliphatic heterocycles. The first-order valence-electron chi connectivity index (χ1n) is 12.0. The molecular weight excluding hydrogens is 487 g/mol. The highest BCUT2D eigenvalue weighted by molar-refractivity contribution is 6.30. The number of rotatable bonds is 9. The second kappa shape index (κ2) is 11.0. The lowest BCUT2D eigenvalue weighted by Crippen LogP contribution is -2.52. The molecule has 0 aromatic heterocycles. The van der Waals surface area contributed by atoms with Crippen molar-refractivity contribution in [3.8, 4) is 0 Å². The molecule has 3 atom stereocenters. The van der Waals surface area contributed by atoms with Crippen LogP contribution < -0.4 is 10.6 Å². The fourth-order valence-electron chi connectivity index (χ4n) is 5.09. The molecule has 0 bridgehead atoms. The first kappa shape index (κ1) is 25.5. The zero-order valence-electron chi connectivity index (χ0n) is 19.7. The van der Waals surface area contributed by atoms with Gasteiger partial charge in [0, 0.05) is 22.4 Å². The first-order chi connectivity index (χ1) is 16.8. The maximum absolute atomic E-state index is 13.7. The Bertz CT molecular complexity index is 1090. The van der Waals surface area contributed by atoms with Gasteiger partial charge in [-0.15, -0.1) is 0 Å². The summed E-state index contributed by atoms with van der Waals surface area (Å²) >= 11 is 12.5. The van der Waals surface area contributed by atoms with Crippen molar-refractivity contribution < 1.29 is 19.1 Å². The van der Waals surface area contributed by atoms with Crippen molar-refractivity contribution in [3.63, 3.8) is 0 Å². The molecule has 1 aliphatic carbocycles. The zero-order valence-corrected chi connectivity index (χ0v) is 21.2. The number of carbonyl (C=O) groups is 3. The summed E-state index contributed by atoms with van der Waals surface area (Å²) in [5.74, 6) is -0.628. The van der Waals surface area contributed by atoms with Crippen LogP contribution in [-0.4, -0.2) is 30.9 Å². The molecule has 0 spiro atoms. The summed E-state index contributed by atoms with van der Waals surface area (Å²) in [7, 11) is 0. The van der Waals surface area contributed by atoms with Gasteiger partial charge in [-0.1, -0.05) is 60.3 Å². The lowest BCUT2D eigenvalue weighted by molar-refractivity contribution is -0.145. The van der Waals surface area contributed by atoms with Crippen LogP contribution in [0.2, 0.25) is 10.0 Å². The molecular formula is C27H30Cl2N2O4. The van der Waals surface area contributed by atoms with Gasteiger partial charge in [-0.05, 0) is 61.1 Å². The van der Waals surface area contributed by atoms with Gasteiger partial charge in [-0.2, -0.15) is 0 Å². The monoisotopic (exact) mass is 516 g/mol. The molecule has 186 valence electrons. The smallest absolute Gasteiger partial charge is 0.325 e. The molecule has 2 N–H and O–H groups in total. The van der Waals surface area contributed by atoms with Crippen molar-refractivity contribution in [3.05, 3.63) is 69.7 Å². The van der Waals surface area contributed by atoms with Gasteiger partial charge >= 0.3 is 5.97 Å². The predicted octanol–water partition coefficient (Wildman–Crippen LogP) is 5.19. The fraction of sp³-hybridized carbons (Fsp3) is 0.444. The minimum atomic E-state index is -0.879. The van der Waals surface area contributed by atoms with Gasteiger partial charge in [0.25, 0.3) is 0 Å². The molecule has 4 rings (SSSR count). The van der Waals surface area contributed by atoms with Crippen LogP contribution in [0, 0.1) is 11.3 Å². The van der Waals surface area contributed by atoms with Crippen molar-refractivity contribution in [1.29, 1.82) is 0 Å². The van der Waals surface area contributed by atoms with Gasteiger partial charge in [0.2, 0.25) is 11.8 Å². The third-order valence-corrected chi connectivity index (χ3v) is 7.38. The Kier molecular flexibility index (Phi) is 8.02. The normalized spacial score (nSPS) is 23.9. The molecule has 2 aromatic carbocycles. The number of hydrogen-bond acceptors (Lipinski definition) is 4. The van der Waals surface area contributed by atoms with Gasteiger partial charge in [-0.3, -0.25) is 14.4 Å². The van der Waals surface area contributed by atoms with E-state index in [0.29, 0.717) is 28.8 Å². The van der Waals surface area contributed by atoms with Crippen LogP contribution in [-0.2, 0) is 19.1 Å². The standard InChI is InChI=1S/C27H30Cl2N2O4/c1-2-35-24(33)16-30-23(32)15-27(13-17-6-7-17)14-22(19-4-3-5-21(29)12-19)25(31-26(27)34)18-8-10-20(28)11-9-18/h3-5,8-12,17,22,25H,2,6-7,13-16H2,1H3,(H,30,32)(H,31,34)/t22-,25-,27-/m1/s1. The summed E-state index contributed by atoms with van der Waals surface area (Å²) in [5, 5.41) is 7.12. The minimum absolute atomic E-state index is 0.0130. The molecule has 0 radical (unpaired) electrons. The topological polar surface area (TPSA) is 84.5 Å². The van der Waals surface area contributed by atoms with Gasteiger partial charge in [-0.25, -0.2) is 0 Å². The van der Waals surface area contributed by atoms with Gasteiger partial charge in [0.15, 0.2) is 0 Å². The first-order valence-corrected chi connectivity index (χ1v) is 12.8. The number of benzene rings is 2. The number of piperidine rings is 1. The predicted molar refractivity (Wildman–Crippen MR) is 135 cm³/mol. The summed E-state index contributed by atoms with van der Waals surface area (Å²) < 4.78 is 4.91. The Balaban J connectivity index is 1.64. The molecule has 1 heterocycles. The molecule has 2 amide bonds. The number of esters is 1. The van der Waals surface area contributed by atoms with E-state index in [0.717, 1.165) is 24.0 Å². The van der Waals surface area contributed by atoms with E-state index in [-0.39, 0.29) is 43.3 Å². The van der Waals surface area contributed by atoms with E-state index in [4.69, 9.17) is 27.9 Å². The molecule has 0 unspecified atom stereocenters. The number of nitrogens with one attached hydrogen (secondary N) is 2. The molecule has 2 fully saturated rings. The van der Waals surface area contributed by atoms with E-state index in [1.807, 2.05) is 48.5 Å². The van der Waals surface area contributed by atoms with Gasteiger partial charge in [0.1, 0.15) is 6.54 Å². The van der Waals surface area contributed by atoms with Crippen LogP contribution in [0.4, 0.5) is 0 Å². The lowest BCUT2D eigenvalue weighted by Gasteiger charge is -2.45. The SMILES string of the molecule is CCOC(=O)CNC(=O)C[C@@]1(CC2CC2)C[C@H](c2cccc(Cl)c2)[C@@H](c2ccc(Cl)cc2)NC1=O. The third-order valence-electron chi connectivity index (χ3n) is 6.90. The summed E-state index contributed by atoms with van der Waals surface area (Å²) in [6.45, 7) is 1.75. The quantitative estimate of drug-likeness (QED) is 0.449. The average molecular weight is 517 g/mol. The second-order valence-electron chi connectivity index (χ2n) is 9.55. The van der Waals surface area contributed by atoms with E-state index in [1.165, 1.54) is 0 Å². The molecule has 2 aromatic rings. The van der Waals surface area contributed by atoms with Gasteiger partial charge in [0.05, 0.1) is 18.1 Å². The Morgan fingerprint density at radius 2 is 1.83 bits per heavy atom. The summed E-state index contributed by atoms with van der Waals surface area (Å²) in [5.41, 5.74) is 1.07. The van der Waals surface area contributed by atoms with Crippen LogP contribution in [0.5, 0.6) is 0 Å². The van der Waals surface area contributed by atoms with Crippen molar-refractivity contribution in [1.82, 2.24) is 10.6 Å². The highest BCUT2D eigenvalue weighted by atomic mass is 35.5. The number of ether oxygens (including phenoxy) is 1. The number of amides is 2. The van der Waals surface area contributed by atoms with E-state index in [2.05, 4.69) is 10.6 Å². The zero-order chi connectivity index (χ0) is 25.0. The summed E-state index contributed by atoms with van der Waals surface area (Å²) in [6, 6.07) is 14.9.